The summed E-state index contributed by atoms with van der Waals surface area (Å²) >= 11 is 0. The molecule has 2 unspecified atom stereocenters. The van der Waals surface area contributed by atoms with Crippen LogP contribution in [0.1, 0.15) is 60.8 Å². The van der Waals surface area contributed by atoms with E-state index in [0.29, 0.717) is 5.41 Å². The fraction of sp³-hybridized carbons (Fsp3) is 1.00. The molecule has 0 aliphatic rings. The fourth-order valence-corrected chi connectivity index (χ4v) is 1.62. The van der Waals surface area contributed by atoms with E-state index in [4.69, 9.17) is 0 Å². The van der Waals surface area contributed by atoms with Gasteiger partial charge in [0.15, 0.2) is 0 Å². The SMILES string of the molecule is CCC(C)C(C)CC(C)(C)CC. The Bertz CT molecular complexity index is 113. The predicted molar refractivity (Wildman–Crippen MR) is 57.3 cm³/mol. The molecule has 0 rings (SSSR count). The maximum atomic E-state index is 2.39. The third kappa shape index (κ3) is 4.13. The first-order valence-corrected chi connectivity index (χ1v) is 5.43. The van der Waals surface area contributed by atoms with E-state index in [1.165, 1.54) is 19.3 Å². The van der Waals surface area contributed by atoms with Gasteiger partial charge < -0.3 is 0 Å². The van der Waals surface area contributed by atoms with Crippen molar-refractivity contribution in [3.8, 4) is 0 Å². The minimum Gasteiger partial charge on any atom is -0.0651 e. The lowest BCUT2D eigenvalue weighted by Crippen LogP contribution is -2.18. The van der Waals surface area contributed by atoms with Crippen LogP contribution in [0.3, 0.4) is 0 Å². The molecule has 0 bridgehead atoms. The van der Waals surface area contributed by atoms with Crippen LogP contribution in [0.15, 0.2) is 0 Å². The second-order valence-corrected chi connectivity index (χ2v) is 5.08. The van der Waals surface area contributed by atoms with Gasteiger partial charge in [0.2, 0.25) is 0 Å². The van der Waals surface area contributed by atoms with Crippen molar-refractivity contribution in [2.24, 2.45) is 17.3 Å². The minimum atomic E-state index is 0.544. The van der Waals surface area contributed by atoms with Gasteiger partial charge in [-0.05, 0) is 23.7 Å². The molecular formula is C12H26. The van der Waals surface area contributed by atoms with Crippen LogP contribution in [0.5, 0.6) is 0 Å². The molecule has 0 radical (unpaired) electrons. The van der Waals surface area contributed by atoms with Crippen LogP contribution in [0.4, 0.5) is 0 Å². The predicted octanol–water partition coefficient (Wildman–Crippen LogP) is 4.49. The van der Waals surface area contributed by atoms with Gasteiger partial charge in [-0.2, -0.15) is 0 Å². The van der Waals surface area contributed by atoms with E-state index in [0.717, 1.165) is 11.8 Å². The molecule has 0 aliphatic carbocycles. The van der Waals surface area contributed by atoms with Crippen LogP contribution in [-0.4, -0.2) is 0 Å². The molecule has 12 heavy (non-hydrogen) atoms. The van der Waals surface area contributed by atoms with E-state index in [1.807, 2.05) is 0 Å². The molecule has 0 heterocycles. The van der Waals surface area contributed by atoms with Gasteiger partial charge in [-0.3, -0.25) is 0 Å². The summed E-state index contributed by atoms with van der Waals surface area (Å²) in [4.78, 5) is 0. The van der Waals surface area contributed by atoms with E-state index in [2.05, 4.69) is 41.5 Å². The summed E-state index contributed by atoms with van der Waals surface area (Å²) < 4.78 is 0. The largest absolute Gasteiger partial charge is 0.0651 e. The Labute approximate surface area is 78.8 Å². The smallest absolute Gasteiger partial charge is 0.0354 e. The Hall–Kier alpha value is 0. The Kier molecular flexibility index (Phi) is 4.89. The number of hydrogen-bond donors (Lipinski definition) is 0. The van der Waals surface area contributed by atoms with Crippen molar-refractivity contribution in [2.45, 2.75) is 60.8 Å². The summed E-state index contributed by atoms with van der Waals surface area (Å²) in [7, 11) is 0. The van der Waals surface area contributed by atoms with Gasteiger partial charge in [-0.1, -0.05) is 54.4 Å². The average molecular weight is 170 g/mol. The van der Waals surface area contributed by atoms with Crippen molar-refractivity contribution in [3.05, 3.63) is 0 Å². The maximum absolute atomic E-state index is 2.39. The molecule has 0 nitrogen and oxygen atoms in total. The molecule has 0 saturated carbocycles. The van der Waals surface area contributed by atoms with Crippen LogP contribution in [-0.2, 0) is 0 Å². The second-order valence-electron chi connectivity index (χ2n) is 5.08. The Morgan fingerprint density at radius 3 is 1.83 bits per heavy atom. The van der Waals surface area contributed by atoms with E-state index >= 15 is 0 Å². The highest BCUT2D eigenvalue weighted by Crippen LogP contribution is 2.32. The van der Waals surface area contributed by atoms with Gasteiger partial charge in [0.1, 0.15) is 0 Å². The van der Waals surface area contributed by atoms with E-state index in [-0.39, 0.29) is 0 Å². The lowest BCUT2D eigenvalue weighted by Gasteiger charge is -2.29. The lowest BCUT2D eigenvalue weighted by molar-refractivity contribution is 0.219. The molecule has 0 aromatic rings. The zero-order valence-electron chi connectivity index (χ0n) is 9.78. The van der Waals surface area contributed by atoms with E-state index in [9.17, 15) is 0 Å². The summed E-state index contributed by atoms with van der Waals surface area (Å²) in [6, 6.07) is 0. The standard InChI is InChI=1S/C12H26/c1-7-10(3)11(4)9-12(5,6)8-2/h10-11H,7-9H2,1-6H3. The number of rotatable bonds is 5. The summed E-state index contributed by atoms with van der Waals surface area (Å²) in [5.41, 5.74) is 0.544. The number of hydrogen-bond acceptors (Lipinski definition) is 0. The highest BCUT2D eigenvalue weighted by molar-refractivity contribution is 4.72. The summed E-state index contributed by atoms with van der Waals surface area (Å²) in [5, 5.41) is 0. The molecular weight excluding hydrogens is 144 g/mol. The first-order valence-electron chi connectivity index (χ1n) is 5.43. The molecule has 2 atom stereocenters. The van der Waals surface area contributed by atoms with Gasteiger partial charge in [-0.25, -0.2) is 0 Å². The Morgan fingerprint density at radius 1 is 1.00 bits per heavy atom. The maximum Gasteiger partial charge on any atom is -0.0354 e. The molecule has 74 valence electrons. The van der Waals surface area contributed by atoms with Crippen molar-refractivity contribution in [2.75, 3.05) is 0 Å². The zero-order valence-corrected chi connectivity index (χ0v) is 9.78. The molecule has 0 fully saturated rings. The van der Waals surface area contributed by atoms with Gasteiger partial charge in [-0.15, -0.1) is 0 Å². The minimum absolute atomic E-state index is 0.544. The van der Waals surface area contributed by atoms with Gasteiger partial charge in [0.05, 0.1) is 0 Å². The average Bonchev–Trinajstić information content (AvgIpc) is 2.02. The molecule has 0 aromatic heterocycles. The van der Waals surface area contributed by atoms with Crippen LogP contribution in [0.2, 0.25) is 0 Å². The molecule has 0 aromatic carbocycles. The van der Waals surface area contributed by atoms with Crippen molar-refractivity contribution in [1.29, 1.82) is 0 Å². The fourth-order valence-electron chi connectivity index (χ4n) is 1.62. The first kappa shape index (κ1) is 12.0. The highest BCUT2D eigenvalue weighted by atomic mass is 14.3. The second kappa shape index (κ2) is 4.89. The molecule has 0 heteroatoms. The molecule has 0 aliphatic heterocycles. The van der Waals surface area contributed by atoms with Crippen LogP contribution < -0.4 is 0 Å². The third-order valence-corrected chi connectivity index (χ3v) is 3.45. The summed E-state index contributed by atoms with van der Waals surface area (Å²) in [6.45, 7) is 14.1. The first-order chi connectivity index (χ1) is 5.43. The van der Waals surface area contributed by atoms with Gasteiger partial charge in [0.25, 0.3) is 0 Å². The van der Waals surface area contributed by atoms with Crippen LogP contribution >= 0.6 is 0 Å². The van der Waals surface area contributed by atoms with Gasteiger partial charge in [0, 0.05) is 0 Å². The van der Waals surface area contributed by atoms with Crippen molar-refractivity contribution < 1.29 is 0 Å². The van der Waals surface area contributed by atoms with Crippen molar-refractivity contribution in [3.63, 3.8) is 0 Å². The van der Waals surface area contributed by atoms with Gasteiger partial charge >= 0.3 is 0 Å². The monoisotopic (exact) mass is 170 g/mol. The Morgan fingerprint density at radius 2 is 1.50 bits per heavy atom. The van der Waals surface area contributed by atoms with Crippen molar-refractivity contribution in [1.82, 2.24) is 0 Å². The third-order valence-electron chi connectivity index (χ3n) is 3.45. The quantitative estimate of drug-likeness (QED) is 0.570. The normalized spacial score (nSPS) is 17.5. The zero-order chi connectivity index (χ0) is 9.78. The molecule has 0 N–H and O–H groups in total. The summed E-state index contributed by atoms with van der Waals surface area (Å²) in [6.07, 6.45) is 3.99. The molecule has 0 spiro atoms. The van der Waals surface area contributed by atoms with Crippen molar-refractivity contribution >= 4 is 0 Å². The highest BCUT2D eigenvalue weighted by Gasteiger charge is 2.21. The lowest BCUT2D eigenvalue weighted by atomic mass is 9.77. The van der Waals surface area contributed by atoms with Crippen LogP contribution in [0, 0.1) is 17.3 Å². The Balaban J connectivity index is 3.90. The van der Waals surface area contributed by atoms with E-state index in [1.54, 1.807) is 0 Å². The summed E-state index contributed by atoms with van der Waals surface area (Å²) in [5.74, 6) is 1.76. The molecule has 0 saturated heterocycles. The molecule has 0 amide bonds. The van der Waals surface area contributed by atoms with E-state index < -0.39 is 0 Å². The van der Waals surface area contributed by atoms with Crippen LogP contribution in [0.25, 0.3) is 0 Å². The topological polar surface area (TPSA) is 0 Å².